The molecule has 1 rings (SSSR count). The Hall–Kier alpha value is -2.20. The summed E-state index contributed by atoms with van der Waals surface area (Å²) >= 11 is 3.71. The lowest BCUT2D eigenvalue weighted by Crippen LogP contribution is -2.14. The van der Waals surface area contributed by atoms with Gasteiger partial charge in [-0.15, -0.1) is 0 Å². The lowest BCUT2D eigenvalue weighted by molar-refractivity contribution is -0.144. The van der Waals surface area contributed by atoms with Crippen molar-refractivity contribution < 1.29 is 38.9 Å². The molecule has 0 aliphatic heterocycles. The first kappa shape index (κ1) is 37.8. The van der Waals surface area contributed by atoms with Crippen molar-refractivity contribution in [3.63, 3.8) is 0 Å². The molecule has 0 spiro atoms. The number of thioether (sulfide) groups is 2. The summed E-state index contributed by atoms with van der Waals surface area (Å²) < 4.78 is 9.88. The summed E-state index contributed by atoms with van der Waals surface area (Å²) in [5.41, 5.74) is 1.38. The van der Waals surface area contributed by atoms with Crippen molar-refractivity contribution in [2.75, 3.05) is 36.2 Å². The largest absolute Gasteiger partial charge is 0.478 e. The zero-order valence-corrected chi connectivity index (χ0v) is 27.1. The zero-order valence-electron chi connectivity index (χ0n) is 25.5. The molecule has 1 aromatic rings. The van der Waals surface area contributed by atoms with Gasteiger partial charge < -0.3 is 19.7 Å². The smallest absolute Gasteiger partial charge is 0.336 e. The summed E-state index contributed by atoms with van der Waals surface area (Å²) in [7, 11) is 0. The Morgan fingerprint density at radius 2 is 1.10 bits per heavy atom. The fourth-order valence-corrected chi connectivity index (χ4v) is 6.60. The van der Waals surface area contributed by atoms with Crippen LogP contribution in [0.15, 0.2) is 12.1 Å². The van der Waals surface area contributed by atoms with E-state index in [1.807, 2.05) is 37.4 Å². The standard InChI is InChI=1S/C32H50O8S2/c1-3-39-28(33)17-9-5-7-11-21-41-23-13-15-25-19-20-27(31(35)36)30(32(37)38)26(25)16-14-24-42-22-12-8-6-10-18-29(34)40-4-2/h19-20H,3-18,21-24H2,1-2H3,(H,35,36)(H,37,38). The Labute approximate surface area is 260 Å². The molecule has 0 aliphatic rings. The maximum atomic E-state index is 12.1. The third-order valence-corrected chi connectivity index (χ3v) is 9.06. The van der Waals surface area contributed by atoms with Crippen LogP contribution in [-0.4, -0.2) is 70.3 Å². The van der Waals surface area contributed by atoms with Gasteiger partial charge in [0.05, 0.1) is 24.3 Å². The van der Waals surface area contributed by atoms with Crippen LogP contribution in [0.4, 0.5) is 0 Å². The number of carboxylic acid groups (broad SMARTS) is 2. The van der Waals surface area contributed by atoms with Gasteiger partial charge in [0.2, 0.25) is 0 Å². The van der Waals surface area contributed by atoms with Crippen molar-refractivity contribution in [1.82, 2.24) is 0 Å². The molecule has 8 nitrogen and oxygen atoms in total. The number of hydrogen-bond donors (Lipinski definition) is 2. The van der Waals surface area contributed by atoms with E-state index in [9.17, 15) is 29.4 Å². The van der Waals surface area contributed by atoms with Crippen molar-refractivity contribution in [2.24, 2.45) is 0 Å². The molecule has 0 unspecified atom stereocenters. The van der Waals surface area contributed by atoms with E-state index in [0.29, 0.717) is 38.0 Å². The molecule has 0 radical (unpaired) electrons. The first-order valence-corrected chi connectivity index (χ1v) is 17.7. The molecule has 0 amide bonds. The lowest BCUT2D eigenvalue weighted by atomic mass is 9.91. The zero-order chi connectivity index (χ0) is 31.0. The minimum atomic E-state index is -1.21. The van der Waals surface area contributed by atoms with Crippen LogP contribution in [0.3, 0.4) is 0 Å². The van der Waals surface area contributed by atoms with Crippen LogP contribution in [-0.2, 0) is 31.9 Å². The van der Waals surface area contributed by atoms with E-state index in [0.717, 1.165) is 99.2 Å². The highest BCUT2D eigenvalue weighted by Gasteiger charge is 2.22. The average molecular weight is 627 g/mol. The highest BCUT2D eigenvalue weighted by Crippen LogP contribution is 2.25. The molecule has 0 fully saturated rings. The van der Waals surface area contributed by atoms with E-state index >= 15 is 0 Å². The number of aromatic carboxylic acids is 2. The van der Waals surface area contributed by atoms with Crippen molar-refractivity contribution >= 4 is 47.4 Å². The number of carbonyl (C=O) groups excluding carboxylic acids is 2. The van der Waals surface area contributed by atoms with Crippen molar-refractivity contribution in [3.05, 3.63) is 34.4 Å². The summed E-state index contributed by atoms with van der Waals surface area (Å²) in [5, 5.41) is 19.5. The summed E-state index contributed by atoms with van der Waals surface area (Å²) in [6.45, 7) is 4.48. The molecule has 0 heterocycles. The van der Waals surface area contributed by atoms with Gasteiger partial charge in [-0.05, 0) is 105 Å². The number of carbonyl (C=O) groups is 4. The van der Waals surface area contributed by atoms with Crippen LogP contribution < -0.4 is 0 Å². The molecule has 0 atom stereocenters. The quantitative estimate of drug-likeness (QED) is 0.0791. The lowest BCUT2D eigenvalue weighted by Gasteiger charge is -2.15. The Balaban J connectivity index is 2.44. The van der Waals surface area contributed by atoms with E-state index in [-0.39, 0.29) is 23.1 Å². The molecule has 0 bridgehead atoms. The Bertz CT molecular complexity index is 951. The van der Waals surface area contributed by atoms with E-state index < -0.39 is 11.9 Å². The molecule has 0 aliphatic carbocycles. The molecular weight excluding hydrogens is 576 g/mol. The van der Waals surface area contributed by atoms with Gasteiger partial charge in [-0.25, -0.2) is 9.59 Å². The molecule has 2 N–H and O–H groups in total. The first-order valence-electron chi connectivity index (χ1n) is 15.4. The van der Waals surface area contributed by atoms with Gasteiger partial charge in [-0.2, -0.15) is 23.5 Å². The molecule has 238 valence electrons. The number of carboxylic acids is 2. The van der Waals surface area contributed by atoms with Crippen molar-refractivity contribution in [3.8, 4) is 0 Å². The molecule has 0 saturated carbocycles. The van der Waals surface area contributed by atoms with Gasteiger partial charge in [-0.3, -0.25) is 9.59 Å². The van der Waals surface area contributed by atoms with Gasteiger partial charge in [0.25, 0.3) is 0 Å². The Kier molecular flexibility index (Phi) is 21.9. The second kappa shape index (κ2) is 24.3. The van der Waals surface area contributed by atoms with Crippen LogP contribution >= 0.6 is 23.5 Å². The van der Waals surface area contributed by atoms with Crippen LogP contribution in [0.25, 0.3) is 0 Å². The highest BCUT2D eigenvalue weighted by atomic mass is 32.2. The fraction of sp³-hybridized carbons (Fsp3) is 0.688. The molecular formula is C32H50O8S2. The predicted octanol–water partition coefficient (Wildman–Crippen LogP) is 7.44. The molecule has 0 aromatic heterocycles. The number of hydrogen-bond acceptors (Lipinski definition) is 8. The number of esters is 2. The van der Waals surface area contributed by atoms with E-state index in [4.69, 9.17) is 9.47 Å². The average Bonchev–Trinajstić information content (AvgIpc) is 2.95. The van der Waals surface area contributed by atoms with Gasteiger partial charge in [-0.1, -0.05) is 31.7 Å². The van der Waals surface area contributed by atoms with Gasteiger partial charge in [0.15, 0.2) is 0 Å². The monoisotopic (exact) mass is 626 g/mol. The van der Waals surface area contributed by atoms with Crippen molar-refractivity contribution in [1.29, 1.82) is 0 Å². The topological polar surface area (TPSA) is 127 Å². The Morgan fingerprint density at radius 1 is 0.619 bits per heavy atom. The molecule has 1 aromatic carbocycles. The maximum absolute atomic E-state index is 12.1. The predicted molar refractivity (Wildman–Crippen MR) is 171 cm³/mol. The van der Waals surface area contributed by atoms with Crippen LogP contribution in [0.1, 0.15) is 123 Å². The van der Waals surface area contributed by atoms with E-state index in [1.165, 1.54) is 6.07 Å². The number of benzene rings is 1. The van der Waals surface area contributed by atoms with E-state index in [1.54, 1.807) is 6.07 Å². The normalized spacial score (nSPS) is 10.9. The van der Waals surface area contributed by atoms with Crippen molar-refractivity contribution in [2.45, 2.75) is 104 Å². The SMILES string of the molecule is CCOC(=O)CCCCCCSCCCc1ccc(C(=O)O)c(C(=O)O)c1CCCSCCCCCCC(=O)OCC. The van der Waals surface area contributed by atoms with Gasteiger partial charge in [0.1, 0.15) is 0 Å². The Morgan fingerprint density at radius 3 is 1.57 bits per heavy atom. The number of aryl methyl sites for hydroxylation is 1. The van der Waals surface area contributed by atoms with Crippen LogP contribution in [0.2, 0.25) is 0 Å². The molecule has 0 saturated heterocycles. The minimum Gasteiger partial charge on any atom is -0.478 e. The number of ether oxygens (including phenoxy) is 2. The van der Waals surface area contributed by atoms with Crippen LogP contribution in [0.5, 0.6) is 0 Å². The van der Waals surface area contributed by atoms with Gasteiger partial charge in [0, 0.05) is 12.8 Å². The summed E-state index contributed by atoms with van der Waals surface area (Å²) in [5.74, 6) is 1.25. The molecule has 10 heteroatoms. The second-order valence-corrected chi connectivity index (χ2v) is 12.6. The summed E-state index contributed by atoms with van der Waals surface area (Å²) in [6.07, 6.45) is 12.0. The maximum Gasteiger partial charge on any atom is 0.336 e. The number of rotatable bonds is 26. The fourth-order valence-electron chi connectivity index (χ4n) is 4.67. The minimum absolute atomic E-state index is 0.0675. The summed E-state index contributed by atoms with van der Waals surface area (Å²) in [6, 6.07) is 3.23. The van der Waals surface area contributed by atoms with Crippen LogP contribution in [0, 0.1) is 0 Å². The van der Waals surface area contributed by atoms with Gasteiger partial charge >= 0.3 is 23.9 Å². The third kappa shape index (κ3) is 17.0. The third-order valence-electron chi connectivity index (χ3n) is 6.75. The second-order valence-electron chi connectivity index (χ2n) is 10.1. The summed E-state index contributed by atoms with van der Waals surface area (Å²) in [4.78, 5) is 46.6. The van der Waals surface area contributed by atoms with E-state index in [2.05, 4.69) is 0 Å². The molecule has 42 heavy (non-hydrogen) atoms. The highest BCUT2D eigenvalue weighted by molar-refractivity contribution is 7.99. The first-order chi connectivity index (χ1) is 20.3. The number of unbranched alkanes of at least 4 members (excludes halogenated alkanes) is 6.